The van der Waals surface area contributed by atoms with E-state index < -0.39 is 0 Å². The average Bonchev–Trinajstić information content (AvgIpc) is 3.20. The number of benzene rings is 1. The van der Waals surface area contributed by atoms with Crippen molar-refractivity contribution in [2.45, 2.75) is 31.8 Å². The van der Waals surface area contributed by atoms with E-state index in [0.717, 1.165) is 35.3 Å². The summed E-state index contributed by atoms with van der Waals surface area (Å²) in [4.78, 5) is 6.62. The van der Waals surface area contributed by atoms with Crippen LogP contribution in [0.25, 0.3) is 5.69 Å². The molecule has 0 saturated heterocycles. The van der Waals surface area contributed by atoms with Gasteiger partial charge in [0.1, 0.15) is 11.4 Å². The zero-order valence-electron chi connectivity index (χ0n) is 14.4. The molecule has 4 rings (SSSR count). The normalized spacial score (nSPS) is 14.2. The topological polar surface area (TPSA) is 69.2 Å². The van der Waals surface area contributed by atoms with Gasteiger partial charge in [-0.05, 0) is 32.0 Å². The minimum atomic E-state index is 0.491. The lowest BCUT2D eigenvalue weighted by Gasteiger charge is -2.12. The van der Waals surface area contributed by atoms with Gasteiger partial charge in [0, 0.05) is 24.2 Å². The van der Waals surface area contributed by atoms with Crippen molar-refractivity contribution in [1.82, 2.24) is 24.8 Å². The smallest absolute Gasteiger partial charge is 0.229 e. The van der Waals surface area contributed by atoms with Crippen LogP contribution >= 0.6 is 0 Å². The highest BCUT2D eigenvalue weighted by Gasteiger charge is 2.29. The standard InChI is InChI=1S/C18H21N5O2/c1-22(12-17-20-18(25-21-17)14-7-8-14)10-13-9-19-23(11-13)15-5-3-4-6-16(15)24-2/h3-6,9,11,14H,7-8,10,12H2,1-2H3. The Morgan fingerprint density at radius 3 is 2.92 bits per heavy atom. The highest BCUT2D eigenvalue weighted by Crippen LogP contribution is 2.38. The fourth-order valence-corrected chi connectivity index (χ4v) is 2.83. The molecule has 3 aromatic rings. The number of ether oxygens (including phenoxy) is 1. The van der Waals surface area contributed by atoms with Crippen molar-refractivity contribution in [1.29, 1.82) is 0 Å². The number of para-hydroxylation sites is 2. The molecule has 1 aliphatic rings. The van der Waals surface area contributed by atoms with E-state index >= 15 is 0 Å². The van der Waals surface area contributed by atoms with Gasteiger partial charge in [-0.25, -0.2) is 4.68 Å². The SMILES string of the molecule is COc1ccccc1-n1cc(CN(C)Cc2noc(C3CC3)n2)cn1. The molecule has 0 bridgehead atoms. The second kappa shape index (κ2) is 6.68. The lowest BCUT2D eigenvalue weighted by atomic mass is 10.3. The molecule has 0 amide bonds. The van der Waals surface area contributed by atoms with E-state index in [1.807, 2.05) is 48.4 Å². The second-order valence-corrected chi connectivity index (χ2v) is 6.46. The van der Waals surface area contributed by atoms with Crippen LogP contribution in [0.15, 0.2) is 41.2 Å². The Bertz CT molecular complexity index is 853. The van der Waals surface area contributed by atoms with Gasteiger partial charge in [-0.3, -0.25) is 4.90 Å². The first-order valence-corrected chi connectivity index (χ1v) is 8.41. The van der Waals surface area contributed by atoms with Crippen LogP contribution in [0.2, 0.25) is 0 Å². The highest BCUT2D eigenvalue weighted by molar-refractivity contribution is 5.46. The summed E-state index contributed by atoms with van der Waals surface area (Å²) in [6.45, 7) is 1.40. The number of nitrogens with zero attached hydrogens (tertiary/aromatic N) is 5. The van der Waals surface area contributed by atoms with Crippen molar-refractivity contribution in [3.05, 3.63) is 53.9 Å². The van der Waals surface area contributed by atoms with E-state index in [1.54, 1.807) is 7.11 Å². The molecular formula is C18H21N5O2. The lowest BCUT2D eigenvalue weighted by Crippen LogP contribution is -2.17. The Hall–Kier alpha value is -2.67. The van der Waals surface area contributed by atoms with Gasteiger partial charge in [0.25, 0.3) is 0 Å². The molecule has 0 radical (unpaired) electrons. The summed E-state index contributed by atoms with van der Waals surface area (Å²) in [6, 6.07) is 7.83. The summed E-state index contributed by atoms with van der Waals surface area (Å²) >= 11 is 0. The number of methoxy groups -OCH3 is 1. The lowest BCUT2D eigenvalue weighted by molar-refractivity contribution is 0.299. The zero-order chi connectivity index (χ0) is 17.2. The Morgan fingerprint density at radius 2 is 2.12 bits per heavy atom. The highest BCUT2D eigenvalue weighted by atomic mass is 16.5. The van der Waals surface area contributed by atoms with Crippen LogP contribution in [0.4, 0.5) is 0 Å². The van der Waals surface area contributed by atoms with Crippen LogP contribution in [0, 0.1) is 0 Å². The number of aromatic nitrogens is 4. The van der Waals surface area contributed by atoms with Crippen LogP contribution < -0.4 is 4.74 Å². The Kier molecular flexibility index (Phi) is 4.23. The van der Waals surface area contributed by atoms with E-state index in [-0.39, 0.29) is 0 Å². The molecule has 1 aromatic carbocycles. The van der Waals surface area contributed by atoms with Gasteiger partial charge >= 0.3 is 0 Å². The van der Waals surface area contributed by atoms with Crippen molar-refractivity contribution in [3.63, 3.8) is 0 Å². The molecule has 130 valence electrons. The molecule has 7 heteroatoms. The molecule has 25 heavy (non-hydrogen) atoms. The van der Waals surface area contributed by atoms with Gasteiger partial charge in [-0.1, -0.05) is 17.3 Å². The van der Waals surface area contributed by atoms with Crippen LogP contribution in [0.3, 0.4) is 0 Å². The van der Waals surface area contributed by atoms with Crippen LogP contribution in [0.5, 0.6) is 5.75 Å². The Morgan fingerprint density at radius 1 is 1.28 bits per heavy atom. The zero-order valence-corrected chi connectivity index (χ0v) is 14.4. The second-order valence-electron chi connectivity index (χ2n) is 6.46. The van der Waals surface area contributed by atoms with Gasteiger partial charge < -0.3 is 9.26 Å². The van der Waals surface area contributed by atoms with Gasteiger partial charge in [0.05, 0.1) is 19.9 Å². The molecule has 1 saturated carbocycles. The van der Waals surface area contributed by atoms with Crippen molar-refractivity contribution in [2.24, 2.45) is 0 Å². The molecule has 2 aromatic heterocycles. The van der Waals surface area contributed by atoms with Crippen molar-refractivity contribution in [2.75, 3.05) is 14.2 Å². The summed E-state index contributed by atoms with van der Waals surface area (Å²) in [7, 11) is 3.70. The first-order valence-electron chi connectivity index (χ1n) is 8.41. The van der Waals surface area contributed by atoms with E-state index in [9.17, 15) is 0 Å². The van der Waals surface area contributed by atoms with E-state index in [2.05, 4.69) is 20.1 Å². The molecule has 0 unspecified atom stereocenters. The van der Waals surface area contributed by atoms with Crippen LogP contribution in [-0.2, 0) is 13.1 Å². The minimum Gasteiger partial charge on any atom is -0.494 e. The molecule has 0 spiro atoms. The molecule has 1 aliphatic carbocycles. The van der Waals surface area contributed by atoms with Gasteiger partial charge in [0.15, 0.2) is 5.82 Å². The molecule has 2 heterocycles. The maximum atomic E-state index is 5.40. The van der Waals surface area contributed by atoms with Gasteiger partial charge in [-0.2, -0.15) is 10.1 Å². The fourth-order valence-electron chi connectivity index (χ4n) is 2.83. The van der Waals surface area contributed by atoms with Gasteiger partial charge in [0.2, 0.25) is 5.89 Å². The summed E-state index contributed by atoms with van der Waals surface area (Å²) in [5, 5.41) is 8.52. The fraction of sp³-hybridized carbons (Fsp3) is 0.389. The van der Waals surface area contributed by atoms with Crippen LogP contribution in [0.1, 0.15) is 36.0 Å². The third kappa shape index (κ3) is 3.56. The van der Waals surface area contributed by atoms with E-state index in [0.29, 0.717) is 12.5 Å². The minimum absolute atomic E-state index is 0.491. The number of rotatable bonds is 7. The quantitative estimate of drug-likeness (QED) is 0.659. The van der Waals surface area contributed by atoms with E-state index in [1.165, 1.54) is 12.8 Å². The molecule has 0 aliphatic heterocycles. The number of hydrogen-bond acceptors (Lipinski definition) is 6. The largest absolute Gasteiger partial charge is 0.494 e. The molecular weight excluding hydrogens is 318 g/mol. The third-order valence-electron chi connectivity index (χ3n) is 4.24. The summed E-state index contributed by atoms with van der Waals surface area (Å²) < 4.78 is 12.5. The Labute approximate surface area is 146 Å². The molecule has 0 N–H and O–H groups in total. The predicted octanol–water partition coefficient (Wildman–Crippen LogP) is 2.77. The molecule has 7 nitrogen and oxygen atoms in total. The predicted molar refractivity (Wildman–Crippen MR) is 91.6 cm³/mol. The maximum absolute atomic E-state index is 5.40. The van der Waals surface area contributed by atoms with Crippen molar-refractivity contribution in [3.8, 4) is 11.4 Å². The maximum Gasteiger partial charge on any atom is 0.229 e. The summed E-state index contributed by atoms with van der Waals surface area (Å²) in [5.74, 6) is 2.81. The van der Waals surface area contributed by atoms with Gasteiger partial charge in [-0.15, -0.1) is 0 Å². The Balaban J connectivity index is 1.41. The van der Waals surface area contributed by atoms with Crippen LogP contribution in [-0.4, -0.2) is 39.0 Å². The van der Waals surface area contributed by atoms with Crippen molar-refractivity contribution >= 4 is 0 Å². The van der Waals surface area contributed by atoms with Crippen molar-refractivity contribution < 1.29 is 9.26 Å². The first-order chi connectivity index (χ1) is 12.2. The number of hydrogen-bond donors (Lipinski definition) is 0. The molecule has 1 fully saturated rings. The summed E-state index contributed by atoms with van der Waals surface area (Å²) in [5.41, 5.74) is 2.03. The average molecular weight is 339 g/mol. The van der Waals surface area contributed by atoms with E-state index in [4.69, 9.17) is 9.26 Å². The monoisotopic (exact) mass is 339 g/mol. The summed E-state index contributed by atoms with van der Waals surface area (Å²) in [6.07, 6.45) is 6.22. The third-order valence-corrected chi connectivity index (χ3v) is 4.24. The first kappa shape index (κ1) is 15.8. The molecule has 0 atom stereocenters.